The van der Waals surface area contributed by atoms with E-state index in [9.17, 15) is 4.79 Å². The number of para-hydroxylation sites is 1. The summed E-state index contributed by atoms with van der Waals surface area (Å²) in [5.74, 6) is 1.36. The van der Waals surface area contributed by atoms with Gasteiger partial charge in [0.05, 0.1) is 18.4 Å². The highest BCUT2D eigenvalue weighted by Crippen LogP contribution is 2.31. The lowest BCUT2D eigenvalue weighted by atomic mass is 10.2. The monoisotopic (exact) mass is 379 g/mol. The van der Waals surface area contributed by atoms with Crippen molar-refractivity contribution in [3.63, 3.8) is 0 Å². The Morgan fingerprint density at radius 1 is 1.15 bits per heavy atom. The van der Waals surface area contributed by atoms with Gasteiger partial charge in [0.1, 0.15) is 17.1 Å². The molecule has 1 aliphatic carbocycles. The summed E-state index contributed by atoms with van der Waals surface area (Å²) in [7, 11) is 1.66. The molecule has 27 heavy (non-hydrogen) atoms. The van der Waals surface area contributed by atoms with E-state index in [2.05, 4.69) is 9.97 Å². The molecule has 1 amide bonds. The fraction of sp³-hybridized carbons (Fsp3) is 0.286. The maximum atomic E-state index is 12.9. The van der Waals surface area contributed by atoms with Crippen LogP contribution in [0.25, 0.3) is 10.9 Å². The molecule has 0 bridgehead atoms. The van der Waals surface area contributed by atoms with Crippen molar-refractivity contribution in [2.45, 2.75) is 30.5 Å². The molecule has 138 valence electrons. The van der Waals surface area contributed by atoms with Gasteiger partial charge in [-0.1, -0.05) is 42.1 Å². The second-order valence-electron chi connectivity index (χ2n) is 6.59. The predicted molar refractivity (Wildman–Crippen MR) is 107 cm³/mol. The molecule has 0 aliphatic heterocycles. The minimum atomic E-state index is 0.154. The first kappa shape index (κ1) is 17.8. The van der Waals surface area contributed by atoms with E-state index in [0.29, 0.717) is 18.3 Å². The summed E-state index contributed by atoms with van der Waals surface area (Å²) in [6.45, 7) is 0.637. The second kappa shape index (κ2) is 7.96. The summed E-state index contributed by atoms with van der Waals surface area (Å²) in [5.41, 5.74) is 2.02. The lowest BCUT2D eigenvalue weighted by Crippen LogP contribution is -2.34. The molecule has 1 aromatic heterocycles. The standard InChI is InChI=1S/C21H21N3O2S/c1-26-17-10-6-15(7-11-17)12-24(16-8-9-16)20(25)13-27-21-18-4-2-3-5-19(18)22-14-23-21/h2-7,10-11,14,16H,8-9,12-13H2,1H3. The van der Waals surface area contributed by atoms with Crippen molar-refractivity contribution in [2.24, 2.45) is 0 Å². The number of hydrogen-bond acceptors (Lipinski definition) is 5. The number of benzene rings is 2. The van der Waals surface area contributed by atoms with E-state index in [1.807, 2.05) is 53.4 Å². The molecule has 4 rings (SSSR count). The summed E-state index contributed by atoms with van der Waals surface area (Å²) in [5, 5.41) is 1.85. The molecule has 3 aromatic rings. The van der Waals surface area contributed by atoms with E-state index < -0.39 is 0 Å². The third-order valence-electron chi connectivity index (χ3n) is 4.66. The van der Waals surface area contributed by atoms with Crippen LogP contribution in [-0.2, 0) is 11.3 Å². The third-order valence-corrected chi connectivity index (χ3v) is 5.65. The predicted octanol–water partition coefficient (Wildman–Crippen LogP) is 3.92. The maximum Gasteiger partial charge on any atom is 0.233 e. The lowest BCUT2D eigenvalue weighted by molar-refractivity contribution is -0.129. The number of ether oxygens (including phenoxy) is 1. The quantitative estimate of drug-likeness (QED) is 0.460. The van der Waals surface area contributed by atoms with Crippen LogP contribution in [0.3, 0.4) is 0 Å². The van der Waals surface area contributed by atoms with Gasteiger partial charge in [-0.25, -0.2) is 9.97 Å². The van der Waals surface area contributed by atoms with Gasteiger partial charge in [0.25, 0.3) is 0 Å². The third kappa shape index (κ3) is 4.22. The normalized spacial score (nSPS) is 13.5. The molecule has 0 radical (unpaired) electrons. The van der Waals surface area contributed by atoms with E-state index in [1.54, 1.807) is 13.4 Å². The summed E-state index contributed by atoms with van der Waals surface area (Å²) in [6, 6.07) is 16.2. The highest BCUT2D eigenvalue weighted by molar-refractivity contribution is 8.00. The SMILES string of the molecule is COc1ccc(CN(C(=O)CSc2ncnc3ccccc23)C2CC2)cc1. The van der Waals surface area contributed by atoms with Gasteiger partial charge in [-0.15, -0.1) is 0 Å². The summed E-state index contributed by atoms with van der Waals surface area (Å²) in [4.78, 5) is 23.5. The molecule has 1 fully saturated rings. The number of rotatable bonds is 7. The number of fused-ring (bicyclic) bond motifs is 1. The van der Waals surface area contributed by atoms with E-state index in [4.69, 9.17) is 4.74 Å². The fourth-order valence-electron chi connectivity index (χ4n) is 3.04. The van der Waals surface area contributed by atoms with E-state index in [0.717, 1.165) is 40.1 Å². The zero-order valence-corrected chi connectivity index (χ0v) is 16.0. The number of carbonyl (C=O) groups excluding carboxylic acids is 1. The zero-order chi connectivity index (χ0) is 18.6. The molecule has 1 aliphatic rings. The van der Waals surface area contributed by atoms with Crippen LogP contribution in [0.2, 0.25) is 0 Å². The highest BCUT2D eigenvalue weighted by Gasteiger charge is 2.32. The Labute approximate surface area is 162 Å². The molecular weight excluding hydrogens is 358 g/mol. The van der Waals surface area contributed by atoms with E-state index in [-0.39, 0.29) is 5.91 Å². The summed E-state index contributed by atoms with van der Waals surface area (Å²) < 4.78 is 5.21. The van der Waals surface area contributed by atoms with Crippen LogP contribution in [0.5, 0.6) is 5.75 Å². The molecule has 0 atom stereocenters. The number of hydrogen-bond donors (Lipinski definition) is 0. The molecule has 1 saturated carbocycles. The average molecular weight is 379 g/mol. The Balaban J connectivity index is 1.44. The van der Waals surface area contributed by atoms with Crippen molar-refractivity contribution in [3.05, 3.63) is 60.4 Å². The van der Waals surface area contributed by atoms with Crippen LogP contribution in [0.1, 0.15) is 18.4 Å². The number of thioether (sulfide) groups is 1. The Morgan fingerprint density at radius 2 is 1.93 bits per heavy atom. The van der Waals surface area contributed by atoms with Gasteiger partial charge < -0.3 is 9.64 Å². The number of aromatic nitrogens is 2. The Hall–Kier alpha value is -2.60. The van der Waals surface area contributed by atoms with Crippen molar-refractivity contribution >= 4 is 28.6 Å². The summed E-state index contributed by atoms with van der Waals surface area (Å²) >= 11 is 1.49. The minimum absolute atomic E-state index is 0.154. The molecule has 0 saturated heterocycles. The average Bonchev–Trinajstić information content (AvgIpc) is 3.56. The number of carbonyl (C=O) groups is 1. The number of amides is 1. The van der Waals surface area contributed by atoms with Crippen LogP contribution in [0, 0.1) is 0 Å². The van der Waals surface area contributed by atoms with Crippen LogP contribution < -0.4 is 4.74 Å². The first-order chi connectivity index (χ1) is 13.2. The zero-order valence-electron chi connectivity index (χ0n) is 15.2. The van der Waals surface area contributed by atoms with Crippen LogP contribution in [0.4, 0.5) is 0 Å². The van der Waals surface area contributed by atoms with Crippen molar-refractivity contribution in [1.82, 2.24) is 14.9 Å². The molecule has 2 aromatic carbocycles. The first-order valence-corrected chi connectivity index (χ1v) is 9.98. The number of nitrogens with zero attached hydrogens (tertiary/aromatic N) is 3. The lowest BCUT2D eigenvalue weighted by Gasteiger charge is -2.22. The van der Waals surface area contributed by atoms with E-state index in [1.165, 1.54) is 11.8 Å². The minimum Gasteiger partial charge on any atom is -0.497 e. The Bertz CT molecular complexity index is 936. The van der Waals surface area contributed by atoms with Gasteiger partial charge in [0.2, 0.25) is 5.91 Å². The Kier molecular flexibility index (Phi) is 5.25. The van der Waals surface area contributed by atoms with Gasteiger partial charge >= 0.3 is 0 Å². The van der Waals surface area contributed by atoms with E-state index >= 15 is 0 Å². The number of methoxy groups -OCH3 is 1. The van der Waals surface area contributed by atoms with Crippen molar-refractivity contribution in [2.75, 3.05) is 12.9 Å². The molecular formula is C21H21N3O2S. The molecule has 0 unspecified atom stereocenters. The second-order valence-corrected chi connectivity index (χ2v) is 7.55. The van der Waals surface area contributed by atoms with Crippen LogP contribution in [0.15, 0.2) is 59.9 Å². The molecule has 1 heterocycles. The van der Waals surface area contributed by atoms with Gasteiger partial charge in [-0.2, -0.15) is 0 Å². The molecule has 6 heteroatoms. The largest absolute Gasteiger partial charge is 0.497 e. The molecule has 5 nitrogen and oxygen atoms in total. The van der Waals surface area contributed by atoms with Gasteiger partial charge in [0, 0.05) is 18.0 Å². The molecule has 0 spiro atoms. The van der Waals surface area contributed by atoms with Crippen molar-refractivity contribution < 1.29 is 9.53 Å². The summed E-state index contributed by atoms with van der Waals surface area (Å²) in [6.07, 6.45) is 3.73. The topological polar surface area (TPSA) is 55.3 Å². The fourth-order valence-corrected chi connectivity index (χ4v) is 3.92. The van der Waals surface area contributed by atoms with Gasteiger partial charge in [-0.05, 0) is 36.6 Å². The van der Waals surface area contributed by atoms with Crippen LogP contribution >= 0.6 is 11.8 Å². The highest BCUT2D eigenvalue weighted by atomic mass is 32.2. The maximum absolute atomic E-state index is 12.9. The van der Waals surface area contributed by atoms with Crippen molar-refractivity contribution in [1.29, 1.82) is 0 Å². The van der Waals surface area contributed by atoms with Crippen LogP contribution in [-0.4, -0.2) is 39.7 Å². The first-order valence-electron chi connectivity index (χ1n) is 8.99. The van der Waals surface area contributed by atoms with Gasteiger partial charge in [-0.3, -0.25) is 4.79 Å². The van der Waals surface area contributed by atoms with Gasteiger partial charge in [0.15, 0.2) is 0 Å². The smallest absolute Gasteiger partial charge is 0.233 e. The van der Waals surface area contributed by atoms with Crippen molar-refractivity contribution in [3.8, 4) is 5.75 Å². The Morgan fingerprint density at radius 3 is 2.67 bits per heavy atom. The molecule has 0 N–H and O–H groups in total.